The maximum absolute atomic E-state index is 6.29. The van der Waals surface area contributed by atoms with Gasteiger partial charge in [-0.05, 0) is 24.3 Å². The van der Waals surface area contributed by atoms with Crippen LogP contribution in [0, 0.1) is 0 Å². The first-order valence-electron chi connectivity index (χ1n) is 7.83. The minimum Gasteiger partial charge on any atom is -0.255 e. The van der Waals surface area contributed by atoms with Gasteiger partial charge in [-0.2, -0.15) is 0 Å². The van der Waals surface area contributed by atoms with Crippen molar-refractivity contribution >= 4 is 34.0 Å². The predicted molar refractivity (Wildman–Crippen MR) is 97.6 cm³/mol. The number of unbranched alkanes of at least 4 members (excludes halogenated alkanes) is 1. The summed E-state index contributed by atoms with van der Waals surface area (Å²) in [4.78, 5) is 8.37. The zero-order valence-corrected chi connectivity index (χ0v) is 17.2. The van der Waals surface area contributed by atoms with E-state index in [4.69, 9.17) is 17.8 Å². The third-order valence-electron chi connectivity index (χ3n) is 3.63. The van der Waals surface area contributed by atoms with Gasteiger partial charge in [0.05, 0.1) is 11.4 Å². The van der Waals surface area contributed by atoms with Crippen LogP contribution < -0.4 is 0 Å². The van der Waals surface area contributed by atoms with Gasteiger partial charge in [-0.15, -0.1) is 0 Å². The van der Waals surface area contributed by atoms with E-state index in [9.17, 15) is 0 Å². The first-order chi connectivity index (χ1) is 10.6. The van der Waals surface area contributed by atoms with Crippen LogP contribution in [0.15, 0.2) is 48.8 Å². The topological polar surface area (TPSA) is 25.8 Å². The molecule has 3 rings (SSSR count). The summed E-state index contributed by atoms with van der Waals surface area (Å²) in [6, 6.07) is 11.6. The third-order valence-corrected chi connectivity index (χ3v) is 18.3. The van der Waals surface area contributed by atoms with Crippen LogP contribution in [-0.2, 0) is 0 Å². The molecule has 0 atom stereocenters. The minimum absolute atomic E-state index is 0.809. The summed E-state index contributed by atoms with van der Waals surface area (Å²) in [7, 11) is 12.6. The summed E-state index contributed by atoms with van der Waals surface area (Å²) in [6.45, 7) is 2.20. The number of rotatable bonds is 5. The second-order valence-electron chi connectivity index (χ2n) is 5.57. The van der Waals surface area contributed by atoms with Crippen LogP contribution in [0.1, 0.15) is 32.6 Å². The monoisotopic (exact) mass is 444 g/mol. The standard InChI is InChI=1S/C10H8N2.C4H9.C3H5.2ClH.Sn/c1-3-7-11-9(5-1)10-6-2-4-8-12-10;1-3-4-2;1-2-3-1;;;/h1-8H;1,3-4H2,2H3;1H,2-3H2;2*1H;/q;;;;;+2/p-2. The molecule has 2 heterocycles. The normalized spacial score (nSPS) is 14.1. The first-order valence-corrected chi connectivity index (χ1v) is 18.7. The summed E-state index contributed by atoms with van der Waals surface area (Å²) < 4.78 is 1.99. The van der Waals surface area contributed by atoms with Gasteiger partial charge in [-0.3, -0.25) is 9.97 Å². The van der Waals surface area contributed by atoms with Crippen LogP contribution >= 0.6 is 17.8 Å². The summed E-state index contributed by atoms with van der Waals surface area (Å²) in [6.07, 6.45) is 8.68. The Morgan fingerprint density at radius 1 is 1.00 bits per heavy atom. The van der Waals surface area contributed by atoms with E-state index in [2.05, 4.69) is 16.9 Å². The molecular formula is C17H22Cl2N2Sn. The molecule has 0 amide bonds. The molecular weight excluding hydrogens is 422 g/mol. The van der Waals surface area contributed by atoms with E-state index in [1.165, 1.54) is 30.1 Å². The third kappa shape index (κ3) is 6.05. The number of pyridine rings is 2. The van der Waals surface area contributed by atoms with E-state index in [-0.39, 0.29) is 0 Å². The molecule has 2 aromatic heterocycles. The molecule has 0 aromatic carbocycles. The zero-order valence-electron chi connectivity index (χ0n) is 12.9. The Hall–Kier alpha value is -0.321. The molecule has 0 N–H and O–H groups in total. The van der Waals surface area contributed by atoms with Gasteiger partial charge in [-0.25, -0.2) is 0 Å². The van der Waals surface area contributed by atoms with Gasteiger partial charge in [0.25, 0.3) is 0 Å². The van der Waals surface area contributed by atoms with Crippen molar-refractivity contribution in [2.24, 2.45) is 0 Å². The van der Waals surface area contributed by atoms with E-state index in [0.717, 1.165) is 15.3 Å². The van der Waals surface area contributed by atoms with Gasteiger partial charge in [0.15, 0.2) is 0 Å². The van der Waals surface area contributed by atoms with E-state index in [0.29, 0.717) is 0 Å². The molecule has 22 heavy (non-hydrogen) atoms. The van der Waals surface area contributed by atoms with Crippen molar-refractivity contribution in [3.8, 4) is 11.4 Å². The van der Waals surface area contributed by atoms with E-state index < -0.39 is 16.1 Å². The summed E-state index contributed by atoms with van der Waals surface area (Å²) in [5, 5.41) is 0. The van der Waals surface area contributed by atoms with Gasteiger partial charge < -0.3 is 0 Å². The van der Waals surface area contributed by atoms with Gasteiger partial charge >= 0.3 is 74.9 Å². The van der Waals surface area contributed by atoms with Crippen LogP contribution in [0.2, 0.25) is 8.37 Å². The van der Waals surface area contributed by atoms with E-state index in [1.54, 1.807) is 12.4 Å². The van der Waals surface area contributed by atoms with Crippen molar-refractivity contribution in [3.63, 3.8) is 0 Å². The number of hydrogen-bond donors (Lipinski definition) is 0. The molecule has 2 nitrogen and oxygen atoms in total. The Balaban J connectivity index is 0.000000164. The summed E-state index contributed by atoms with van der Waals surface area (Å²) >= 11 is -2.44. The van der Waals surface area contributed by atoms with Crippen molar-refractivity contribution in [3.05, 3.63) is 48.8 Å². The average molecular weight is 444 g/mol. The Labute approximate surface area is 144 Å². The van der Waals surface area contributed by atoms with Crippen LogP contribution in [0.25, 0.3) is 11.4 Å². The molecule has 0 spiro atoms. The quantitative estimate of drug-likeness (QED) is 0.528. The Bertz CT molecular complexity index is 508. The van der Waals surface area contributed by atoms with Crippen molar-refractivity contribution < 1.29 is 0 Å². The van der Waals surface area contributed by atoms with Gasteiger partial charge in [0.1, 0.15) is 0 Å². The summed E-state index contributed by atoms with van der Waals surface area (Å²) in [5.74, 6) is 0. The predicted octanol–water partition coefficient (Wildman–Crippen LogP) is 6.01. The number of hydrogen-bond acceptors (Lipinski definition) is 2. The SMILES string of the molecule is CCC[CH2][Sn]([Cl])([Cl])[CH]1CC1.c1ccc(-c2ccccn2)nc1. The molecule has 1 aliphatic rings. The van der Waals surface area contributed by atoms with E-state index >= 15 is 0 Å². The molecule has 0 unspecified atom stereocenters. The minimum atomic E-state index is -2.44. The fourth-order valence-electron chi connectivity index (χ4n) is 2.15. The van der Waals surface area contributed by atoms with Crippen LogP contribution in [0.3, 0.4) is 0 Å². The molecule has 0 bridgehead atoms. The molecule has 118 valence electrons. The Morgan fingerprint density at radius 2 is 1.55 bits per heavy atom. The maximum atomic E-state index is 6.29. The Morgan fingerprint density at radius 3 is 1.91 bits per heavy atom. The fourth-order valence-corrected chi connectivity index (χ4v) is 13.3. The van der Waals surface area contributed by atoms with Crippen molar-refractivity contribution in [1.29, 1.82) is 0 Å². The van der Waals surface area contributed by atoms with Gasteiger partial charge in [0, 0.05) is 12.4 Å². The second-order valence-corrected chi connectivity index (χ2v) is 24.0. The fraction of sp³-hybridized carbons (Fsp3) is 0.412. The van der Waals surface area contributed by atoms with Crippen LogP contribution in [0.4, 0.5) is 0 Å². The molecule has 1 aliphatic carbocycles. The molecule has 0 aliphatic heterocycles. The molecule has 2 aromatic rings. The average Bonchev–Trinajstić information content (AvgIpc) is 3.41. The smallest absolute Gasteiger partial charge is 0.0886 e. The molecule has 1 saturated carbocycles. The van der Waals surface area contributed by atoms with Gasteiger partial charge in [0.2, 0.25) is 0 Å². The number of aromatic nitrogens is 2. The largest absolute Gasteiger partial charge is 0.255 e. The van der Waals surface area contributed by atoms with Crippen molar-refractivity contribution in [2.45, 2.75) is 41.0 Å². The van der Waals surface area contributed by atoms with Gasteiger partial charge in [-0.1, -0.05) is 12.1 Å². The summed E-state index contributed by atoms with van der Waals surface area (Å²) in [5.41, 5.74) is 1.83. The molecule has 0 saturated heterocycles. The second kappa shape index (κ2) is 9.09. The van der Waals surface area contributed by atoms with Crippen LogP contribution in [0.5, 0.6) is 0 Å². The van der Waals surface area contributed by atoms with Crippen LogP contribution in [-0.4, -0.2) is 26.1 Å². The zero-order chi connectivity index (χ0) is 15.8. The Kier molecular flexibility index (Phi) is 7.45. The molecule has 5 heteroatoms. The van der Waals surface area contributed by atoms with Crippen molar-refractivity contribution in [2.75, 3.05) is 0 Å². The molecule has 1 fully saturated rings. The van der Waals surface area contributed by atoms with E-state index in [1.807, 2.05) is 36.4 Å². The molecule has 0 radical (unpaired) electrons. The number of nitrogens with zero attached hydrogens (tertiary/aromatic N) is 2. The van der Waals surface area contributed by atoms with Crippen molar-refractivity contribution in [1.82, 2.24) is 9.97 Å². The first kappa shape index (κ1) is 18.0. The number of halogens is 2. The maximum Gasteiger partial charge on any atom is 0.0886 e.